The molecule has 0 bridgehead atoms. The zero-order valence-corrected chi connectivity index (χ0v) is 13.4. The van der Waals surface area contributed by atoms with Crippen molar-refractivity contribution < 1.29 is 18.4 Å². The van der Waals surface area contributed by atoms with Gasteiger partial charge in [0.25, 0.3) is 0 Å². The normalized spacial score (nSPS) is 12.5. The SMILES string of the molecule is CCOC(=O)c1nnc(CO[Si](C)(C)C(C)(C)C)o1. The first-order chi connectivity index (χ1) is 8.67. The average molecular weight is 286 g/mol. The maximum absolute atomic E-state index is 11.4. The zero-order chi connectivity index (χ0) is 14.7. The van der Waals surface area contributed by atoms with E-state index >= 15 is 0 Å². The summed E-state index contributed by atoms with van der Waals surface area (Å²) in [6.45, 7) is 12.9. The Bertz CT molecular complexity index is 437. The van der Waals surface area contributed by atoms with E-state index in [0.717, 1.165) is 0 Å². The molecule has 7 heteroatoms. The van der Waals surface area contributed by atoms with Crippen LogP contribution in [0.1, 0.15) is 44.3 Å². The molecule has 6 nitrogen and oxygen atoms in total. The van der Waals surface area contributed by atoms with E-state index in [1.807, 2.05) is 0 Å². The van der Waals surface area contributed by atoms with Gasteiger partial charge in [0, 0.05) is 0 Å². The average Bonchev–Trinajstić information content (AvgIpc) is 2.74. The fourth-order valence-corrected chi connectivity index (χ4v) is 1.96. The monoisotopic (exact) mass is 286 g/mol. The Labute approximate surface area is 114 Å². The van der Waals surface area contributed by atoms with E-state index < -0.39 is 14.3 Å². The van der Waals surface area contributed by atoms with Crippen LogP contribution in [0.25, 0.3) is 0 Å². The molecule has 1 rings (SSSR count). The number of hydrogen-bond acceptors (Lipinski definition) is 6. The van der Waals surface area contributed by atoms with Crippen LogP contribution in [0.3, 0.4) is 0 Å². The maximum atomic E-state index is 11.4. The molecule has 19 heavy (non-hydrogen) atoms. The molecule has 0 spiro atoms. The van der Waals surface area contributed by atoms with Crippen LogP contribution in [0, 0.1) is 0 Å². The van der Waals surface area contributed by atoms with E-state index in [2.05, 4.69) is 44.1 Å². The molecule has 0 N–H and O–H groups in total. The zero-order valence-electron chi connectivity index (χ0n) is 12.4. The minimum atomic E-state index is -1.86. The van der Waals surface area contributed by atoms with Crippen molar-refractivity contribution in [3.8, 4) is 0 Å². The van der Waals surface area contributed by atoms with Gasteiger partial charge in [-0.2, -0.15) is 0 Å². The summed E-state index contributed by atoms with van der Waals surface area (Å²) in [7, 11) is -1.86. The Morgan fingerprint density at radius 2 is 1.95 bits per heavy atom. The van der Waals surface area contributed by atoms with Crippen LogP contribution in [0.15, 0.2) is 4.42 Å². The molecule has 1 heterocycles. The summed E-state index contributed by atoms with van der Waals surface area (Å²) < 4.78 is 15.9. The number of ether oxygens (including phenoxy) is 1. The Balaban J connectivity index is 2.63. The van der Waals surface area contributed by atoms with Gasteiger partial charge in [-0.1, -0.05) is 20.8 Å². The van der Waals surface area contributed by atoms with Gasteiger partial charge >= 0.3 is 11.9 Å². The summed E-state index contributed by atoms with van der Waals surface area (Å²) in [6.07, 6.45) is 0. The second kappa shape index (κ2) is 5.83. The van der Waals surface area contributed by atoms with E-state index in [1.165, 1.54) is 0 Å². The lowest BCUT2D eigenvalue weighted by Crippen LogP contribution is -2.40. The van der Waals surface area contributed by atoms with Gasteiger partial charge < -0.3 is 13.6 Å². The molecule has 0 saturated heterocycles. The van der Waals surface area contributed by atoms with Gasteiger partial charge in [0.15, 0.2) is 8.32 Å². The number of aromatic nitrogens is 2. The van der Waals surface area contributed by atoms with E-state index in [1.54, 1.807) is 6.92 Å². The van der Waals surface area contributed by atoms with E-state index in [-0.39, 0.29) is 24.1 Å². The van der Waals surface area contributed by atoms with Crippen molar-refractivity contribution in [1.82, 2.24) is 10.2 Å². The number of carbonyl (C=O) groups is 1. The Morgan fingerprint density at radius 3 is 2.47 bits per heavy atom. The molecule has 108 valence electrons. The fraction of sp³-hybridized carbons (Fsp3) is 0.750. The number of rotatable bonds is 5. The number of hydrogen-bond donors (Lipinski definition) is 0. The molecule has 0 aromatic carbocycles. The lowest BCUT2D eigenvalue weighted by Gasteiger charge is -2.35. The van der Waals surface area contributed by atoms with Crippen LogP contribution in [0.4, 0.5) is 0 Å². The first-order valence-electron chi connectivity index (χ1n) is 6.31. The third-order valence-electron chi connectivity index (χ3n) is 3.28. The molecule has 0 saturated carbocycles. The molecule has 1 aromatic heterocycles. The van der Waals surface area contributed by atoms with Gasteiger partial charge in [-0.25, -0.2) is 4.79 Å². The van der Waals surface area contributed by atoms with Gasteiger partial charge in [-0.15, -0.1) is 10.2 Å². The molecule has 0 unspecified atom stereocenters. The van der Waals surface area contributed by atoms with Crippen molar-refractivity contribution in [3.05, 3.63) is 11.8 Å². The molecule has 0 aliphatic carbocycles. The van der Waals surface area contributed by atoms with Crippen molar-refractivity contribution >= 4 is 14.3 Å². The quantitative estimate of drug-likeness (QED) is 0.612. The summed E-state index contributed by atoms with van der Waals surface area (Å²) in [4.78, 5) is 11.4. The number of esters is 1. The summed E-state index contributed by atoms with van der Waals surface area (Å²) >= 11 is 0. The topological polar surface area (TPSA) is 74.5 Å². The van der Waals surface area contributed by atoms with Gasteiger partial charge in [0.05, 0.1) is 6.61 Å². The molecule has 0 radical (unpaired) electrons. The Hall–Kier alpha value is -1.21. The molecule has 0 amide bonds. The predicted octanol–water partition coefficient (Wildman–Crippen LogP) is 2.77. The van der Waals surface area contributed by atoms with Crippen LogP contribution in [-0.2, 0) is 15.8 Å². The lowest BCUT2D eigenvalue weighted by molar-refractivity contribution is 0.0476. The van der Waals surface area contributed by atoms with E-state index in [0.29, 0.717) is 5.89 Å². The summed E-state index contributed by atoms with van der Waals surface area (Å²) in [5.41, 5.74) is 0. The van der Waals surface area contributed by atoms with Gasteiger partial charge in [0.2, 0.25) is 5.89 Å². The number of carbonyl (C=O) groups excluding carboxylic acids is 1. The second-order valence-corrected chi connectivity index (χ2v) is 10.6. The highest BCUT2D eigenvalue weighted by atomic mass is 28.4. The standard InChI is InChI=1S/C12H22N2O4Si/c1-7-16-11(15)10-14-13-9(18-10)8-17-19(5,6)12(2,3)4/h7-8H2,1-6H3. The van der Waals surface area contributed by atoms with Crippen LogP contribution in [0.2, 0.25) is 18.1 Å². The second-order valence-electron chi connectivity index (χ2n) is 5.77. The number of nitrogens with zero attached hydrogens (tertiary/aromatic N) is 2. The third-order valence-corrected chi connectivity index (χ3v) is 7.76. The van der Waals surface area contributed by atoms with Gasteiger partial charge in [0.1, 0.15) is 6.61 Å². The van der Waals surface area contributed by atoms with Gasteiger partial charge in [-0.3, -0.25) is 0 Å². The van der Waals surface area contributed by atoms with Crippen molar-refractivity contribution in [1.29, 1.82) is 0 Å². The fourth-order valence-electron chi connectivity index (χ4n) is 1.05. The Kier molecular flexibility index (Phi) is 4.86. The molecular weight excluding hydrogens is 264 g/mol. The van der Waals surface area contributed by atoms with Crippen molar-refractivity contribution in [3.63, 3.8) is 0 Å². The summed E-state index contributed by atoms with van der Waals surface area (Å²) in [6, 6.07) is 0. The summed E-state index contributed by atoms with van der Waals surface area (Å²) in [5, 5.41) is 7.53. The predicted molar refractivity (Wildman–Crippen MR) is 72.2 cm³/mol. The van der Waals surface area contributed by atoms with E-state index in [4.69, 9.17) is 13.6 Å². The largest absolute Gasteiger partial charge is 0.459 e. The molecule has 0 aliphatic rings. The summed E-state index contributed by atoms with van der Waals surface area (Å²) in [5.74, 6) is -0.433. The highest BCUT2D eigenvalue weighted by Gasteiger charge is 2.37. The lowest BCUT2D eigenvalue weighted by atomic mass is 10.2. The van der Waals surface area contributed by atoms with E-state index in [9.17, 15) is 4.79 Å². The van der Waals surface area contributed by atoms with Crippen LogP contribution >= 0.6 is 0 Å². The van der Waals surface area contributed by atoms with Crippen molar-refractivity contribution in [2.75, 3.05) is 6.61 Å². The highest BCUT2D eigenvalue weighted by molar-refractivity contribution is 6.74. The molecule has 0 fully saturated rings. The maximum Gasteiger partial charge on any atom is 0.396 e. The molecule has 1 aromatic rings. The minimum absolute atomic E-state index is 0.108. The molecule has 0 atom stereocenters. The Morgan fingerprint density at radius 1 is 1.32 bits per heavy atom. The van der Waals surface area contributed by atoms with Crippen LogP contribution in [0.5, 0.6) is 0 Å². The first kappa shape index (κ1) is 15.8. The minimum Gasteiger partial charge on any atom is -0.459 e. The van der Waals surface area contributed by atoms with Gasteiger partial charge in [-0.05, 0) is 25.1 Å². The van der Waals surface area contributed by atoms with Crippen LogP contribution < -0.4 is 0 Å². The van der Waals surface area contributed by atoms with Crippen molar-refractivity contribution in [2.45, 2.75) is 52.4 Å². The third kappa shape index (κ3) is 4.14. The molecule has 0 aliphatic heterocycles. The first-order valence-corrected chi connectivity index (χ1v) is 9.21. The highest BCUT2D eigenvalue weighted by Crippen LogP contribution is 2.36. The smallest absolute Gasteiger partial charge is 0.396 e. The van der Waals surface area contributed by atoms with Crippen LogP contribution in [-0.4, -0.2) is 31.1 Å². The molecular formula is C12H22N2O4Si. The van der Waals surface area contributed by atoms with Crippen molar-refractivity contribution in [2.24, 2.45) is 0 Å².